The second-order valence-corrected chi connectivity index (χ2v) is 6.89. The van der Waals surface area contributed by atoms with Gasteiger partial charge in [-0.05, 0) is 43.9 Å². The molecule has 3 heteroatoms. The molecule has 3 rings (SSSR count). The number of nitrogens with zero attached hydrogens (tertiary/aromatic N) is 2. The number of aromatic nitrogens is 2. The third kappa shape index (κ3) is 2.41. The van der Waals surface area contributed by atoms with E-state index in [1.165, 1.54) is 5.69 Å². The zero-order chi connectivity index (χ0) is 15.2. The highest BCUT2D eigenvalue weighted by atomic mass is 16.1. The van der Waals surface area contributed by atoms with Gasteiger partial charge >= 0.3 is 0 Å². The van der Waals surface area contributed by atoms with Crippen molar-refractivity contribution in [2.24, 2.45) is 5.41 Å². The van der Waals surface area contributed by atoms with E-state index in [1.54, 1.807) is 0 Å². The highest BCUT2D eigenvalue weighted by Crippen LogP contribution is 2.38. The van der Waals surface area contributed by atoms with Crippen molar-refractivity contribution >= 4 is 5.78 Å². The van der Waals surface area contributed by atoms with E-state index in [2.05, 4.69) is 37.2 Å². The first-order valence-corrected chi connectivity index (χ1v) is 7.54. The van der Waals surface area contributed by atoms with E-state index in [4.69, 9.17) is 0 Å². The molecule has 1 aliphatic rings. The predicted molar refractivity (Wildman–Crippen MR) is 83.7 cm³/mol. The highest BCUT2D eigenvalue weighted by molar-refractivity contribution is 5.99. The zero-order valence-corrected chi connectivity index (χ0v) is 13.2. The fourth-order valence-electron chi connectivity index (χ4n) is 3.47. The molecule has 21 heavy (non-hydrogen) atoms. The molecule has 0 N–H and O–H groups in total. The van der Waals surface area contributed by atoms with Crippen molar-refractivity contribution in [1.29, 1.82) is 0 Å². The number of fused-ring (bicyclic) bond motifs is 1. The first-order valence-electron chi connectivity index (χ1n) is 7.54. The second-order valence-electron chi connectivity index (χ2n) is 6.89. The minimum atomic E-state index is 0.0382. The number of aryl methyl sites for hydroxylation is 1. The summed E-state index contributed by atoms with van der Waals surface area (Å²) in [7, 11) is 0. The summed E-state index contributed by atoms with van der Waals surface area (Å²) in [6.45, 7) is 8.58. The van der Waals surface area contributed by atoms with Crippen LogP contribution in [0.4, 0.5) is 0 Å². The van der Waals surface area contributed by atoms with E-state index in [9.17, 15) is 4.79 Å². The Hall–Kier alpha value is -1.90. The van der Waals surface area contributed by atoms with Crippen molar-refractivity contribution in [3.63, 3.8) is 0 Å². The summed E-state index contributed by atoms with van der Waals surface area (Å²) >= 11 is 0. The number of Topliss-reactive ketones (excluding diaryl/α,β-unsaturated/α-hetero) is 1. The van der Waals surface area contributed by atoms with Crippen LogP contribution in [0.2, 0.25) is 0 Å². The number of pyridine rings is 1. The molecule has 1 atom stereocenters. The lowest BCUT2D eigenvalue weighted by Crippen LogP contribution is -2.29. The van der Waals surface area contributed by atoms with Gasteiger partial charge in [0.1, 0.15) is 0 Å². The number of ketones is 1. The van der Waals surface area contributed by atoms with Gasteiger partial charge in [-0.1, -0.05) is 19.9 Å². The van der Waals surface area contributed by atoms with Crippen LogP contribution >= 0.6 is 0 Å². The Morgan fingerprint density at radius 1 is 1.29 bits per heavy atom. The average molecular weight is 282 g/mol. The molecule has 1 unspecified atom stereocenters. The van der Waals surface area contributed by atoms with Gasteiger partial charge < -0.3 is 4.57 Å². The lowest BCUT2D eigenvalue weighted by Gasteiger charge is -2.31. The van der Waals surface area contributed by atoms with Gasteiger partial charge in [0.25, 0.3) is 0 Å². The molecule has 0 radical (unpaired) electrons. The average Bonchev–Trinajstić information content (AvgIpc) is 2.74. The monoisotopic (exact) mass is 282 g/mol. The second kappa shape index (κ2) is 4.83. The molecule has 2 aromatic rings. The summed E-state index contributed by atoms with van der Waals surface area (Å²) in [5.41, 5.74) is 4.30. The molecule has 3 nitrogen and oxygen atoms in total. The Labute approximate surface area is 126 Å². The van der Waals surface area contributed by atoms with Gasteiger partial charge in [-0.3, -0.25) is 9.78 Å². The van der Waals surface area contributed by atoms with Crippen LogP contribution in [0.3, 0.4) is 0 Å². The maximum absolute atomic E-state index is 12.4. The third-order valence-corrected chi connectivity index (χ3v) is 4.42. The number of carbonyl (C=O) groups excluding carboxylic acids is 1. The molecule has 0 aliphatic heterocycles. The number of hydrogen-bond acceptors (Lipinski definition) is 2. The van der Waals surface area contributed by atoms with Crippen molar-refractivity contribution in [1.82, 2.24) is 9.55 Å². The SMILES string of the molecule is Cc1cc2c(n1C(C)c1ccccn1)CC(C)(C)CC2=O. The number of carbonyl (C=O) groups is 1. The Morgan fingerprint density at radius 2 is 2.05 bits per heavy atom. The fourth-order valence-corrected chi connectivity index (χ4v) is 3.47. The Balaban J connectivity index is 2.11. The molecule has 0 saturated heterocycles. The molecule has 0 saturated carbocycles. The van der Waals surface area contributed by atoms with Crippen LogP contribution in [0, 0.1) is 12.3 Å². The van der Waals surface area contributed by atoms with Crippen molar-refractivity contribution in [3.8, 4) is 0 Å². The van der Waals surface area contributed by atoms with Crippen molar-refractivity contribution in [3.05, 3.63) is 53.1 Å². The largest absolute Gasteiger partial charge is 0.339 e. The lowest BCUT2D eigenvalue weighted by molar-refractivity contribution is 0.0909. The van der Waals surface area contributed by atoms with Crippen molar-refractivity contribution in [2.75, 3.05) is 0 Å². The minimum absolute atomic E-state index is 0.0382. The molecule has 0 amide bonds. The zero-order valence-electron chi connectivity index (χ0n) is 13.2. The molecular formula is C18H22N2O. The van der Waals surface area contributed by atoms with E-state index < -0.39 is 0 Å². The van der Waals surface area contributed by atoms with Gasteiger partial charge in [-0.25, -0.2) is 0 Å². The van der Waals surface area contributed by atoms with Gasteiger partial charge in [0.05, 0.1) is 11.7 Å². The summed E-state index contributed by atoms with van der Waals surface area (Å²) in [5.74, 6) is 0.274. The number of hydrogen-bond donors (Lipinski definition) is 0. The third-order valence-electron chi connectivity index (χ3n) is 4.42. The maximum Gasteiger partial charge on any atom is 0.165 e. The summed E-state index contributed by atoms with van der Waals surface area (Å²) < 4.78 is 2.29. The maximum atomic E-state index is 12.4. The van der Waals surface area contributed by atoms with Crippen LogP contribution in [0.25, 0.3) is 0 Å². The van der Waals surface area contributed by atoms with Crippen LogP contribution in [0.1, 0.15) is 60.7 Å². The van der Waals surface area contributed by atoms with E-state index >= 15 is 0 Å². The molecule has 2 aromatic heterocycles. The summed E-state index contributed by atoms with van der Waals surface area (Å²) in [5, 5.41) is 0. The highest BCUT2D eigenvalue weighted by Gasteiger charge is 2.34. The quantitative estimate of drug-likeness (QED) is 0.835. The van der Waals surface area contributed by atoms with E-state index in [-0.39, 0.29) is 17.2 Å². The molecule has 2 heterocycles. The Morgan fingerprint density at radius 3 is 2.71 bits per heavy atom. The molecule has 110 valence electrons. The van der Waals surface area contributed by atoms with E-state index in [0.717, 1.165) is 23.4 Å². The van der Waals surface area contributed by atoms with E-state index in [0.29, 0.717) is 6.42 Å². The van der Waals surface area contributed by atoms with Crippen molar-refractivity contribution in [2.45, 2.75) is 46.6 Å². The van der Waals surface area contributed by atoms with Crippen LogP contribution in [-0.2, 0) is 6.42 Å². The van der Waals surface area contributed by atoms with Gasteiger partial charge in [0.2, 0.25) is 0 Å². The predicted octanol–water partition coefficient (Wildman–Crippen LogP) is 3.96. The minimum Gasteiger partial charge on any atom is -0.339 e. The van der Waals surface area contributed by atoms with Gasteiger partial charge in [-0.15, -0.1) is 0 Å². The normalized spacial score (nSPS) is 18.4. The van der Waals surface area contributed by atoms with Crippen LogP contribution in [0.5, 0.6) is 0 Å². The Kier molecular flexibility index (Phi) is 3.23. The fraction of sp³-hybridized carbons (Fsp3) is 0.444. The molecule has 0 fully saturated rings. The Bertz CT molecular complexity index is 683. The van der Waals surface area contributed by atoms with Crippen LogP contribution in [0.15, 0.2) is 30.5 Å². The molecule has 1 aliphatic carbocycles. The first-order chi connectivity index (χ1) is 9.89. The van der Waals surface area contributed by atoms with Crippen molar-refractivity contribution < 1.29 is 4.79 Å². The summed E-state index contributed by atoms with van der Waals surface area (Å²) in [6.07, 6.45) is 3.41. The molecular weight excluding hydrogens is 260 g/mol. The first kappa shape index (κ1) is 14.1. The summed E-state index contributed by atoms with van der Waals surface area (Å²) in [4.78, 5) is 16.9. The lowest BCUT2D eigenvalue weighted by atomic mass is 9.76. The molecule has 0 bridgehead atoms. The van der Waals surface area contributed by atoms with E-state index in [1.807, 2.05) is 30.5 Å². The van der Waals surface area contributed by atoms with Gasteiger partial charge in [-0.2, -0.15) is 0 Å². The molecule has 0 aromatic carbocycles. The van der Waals surface area contributed by atoms with Crippen LogP contribution in [-0.4, -0.2) is 15.3 Å². The van der Waals surface area contributed by atoms with Crippen LogP contribution < -0.4 is 0 Å². The smallest absolute Gasteiger partial charge is 0.165 e. The summed E-state index contributed by atoms with van der Waals surface area (Å²) in [6, 6.07) is 8.19. The standard InChI is InChI=1S/C18H22N2O/c1-12-9-14-16(10-18(3,4)11-17(14)21)20(12)13(2)15-7-5-6-8-19-15/h5-9,13H,10-11H2,1-4H3. The number of rotatable bonds is 2. The topological polar surface area (TPSA) is 34.9 Å². The van der Waals surface area contributed by atoms with Gasteiger partial charge in [0.15, 0.2) is 5.78 Å². The van der Waals surface area contributed by atoms with Gasteiger partial charge in [0, 0.05) is 29.6 Å². The molecule has 0 spiro atoms.